The van der Waals surface area contributed by atoms with Gasteiger partial charge >= 0.3 is 5.97 Å². The third-order valence-electron chi connectivity index (χ3n) is 2.52. The lowest BCUT2D eigenvalue weighted by Gasteiger charge is -2.19. The Kier molecular flexibility index (Phi) is 1.48. The maximum atomic E-state index is 10.9. The zero-order valence-corrected chi connectivity index (χ0v) is 6.67. The van der Waals surface area contributed by atoms with E-state index in [1.165, 1.54) is 5.57 Å². The summed E-state index contributed by atoms with van der Waals surface area (Å²) < 4.78 is 5.12. The highest BCUT2D eigenvalue weighted by atomic mass is 16.5. The Bertz CT molecular complexity index is 218. The van der Waals surface area contributed by atoms with Crippen molar-refractivity contribution in [1.29, 1.82) is 0 Å². The number of allylic oxidation sites excluding steroid dienone is 1. The molecule has 0 N–H and O–H groups in total. The summed E-state index contributed by atoms with van der Waals surface area (Å²) in [5.74, 6) is 0.456. The Morgan fingerprint density at radius 2 is 2.45 bits per heavy atom. The minimum Gasteiger partial charge on any atom is -0.458 e. The molecule has 2 heteroatoms. The van der Waals surface area contributed by atoms with Crippen LogP contribution in [-0.4, -0.2) is 12.1 Å². The van der Waals surface area contributed by atoms with Crippen molar-refractivity contribution in [1.82, 2.24) is 0 Å². The van der Waals surface area contributed by atoms with Crippen LogP contribution >= 0.6 is 0 Å². The number of hydrogen-bond donors (Lipinski definition) is 0. The summed E-state index contributed by atoms with van der Waals surface area (Å²) in [4.78, 5) is 10.9. The molecule has 2 rings (SSSR count). The van der Waals surface area contributed by atoms with E-state index >= 15 is 0 Å². The molecule has 0 saturated carbocycles. The fraction of sp³-hybridized carbons (Fsp3) is 0.667. The number of hydrogen-bond acceptors (Lipinski definition) is 2. The van der Waals surface area contributed by atoms with Gasteiger partial charge in [0.2, 0.25) is 0 Å². The van der Waals surface area contributed by atoms with Gasteiger partial charge in [0.15, 0.2) is 0 Å². The standard InChI is InChI=1S/C9H12O2/c1-6-2-3-7-5-9(10)11-8(7)4-6/h4,7-8H,2-3,5H2,1H3/t7-,8-/m1/s1. The molecular formula is C9H12O2. The van der Waals surface area contributed by atoms with E-state index in [-0.39, 0.29) is 12.1 Å². The van der Waals surface area contributed by atoms with Crippen LogP contribution in [0.25, 0.3) is 0 Å². The molecule has 0 radical (unpaired) electrons. The molecule has 0 aromatic carbocycles. The van der Waals surface area contributed by atoms with E-state index in [9.17, 15) is 4.79 Å². The van der Waals surface area contributed by atoms with Gasteiger partial charge in [0.1, 0.15) is 6.10 Å². The first kappa shape index (κ1) is 6.89. The summed E-state index contributed by atoms with van der Waals surface area (Å²) in [5, 5.41) is 0. The molecule has 1 aliphatic carbocycles. The van der Waals surface area contributed by atoms with E-state index in [0.717, 1.165) is 12.8 Å². The molecule has 0 amide bonds. The van der Waals surface area contributed by atoms with Gasteiger partial charge in [0.25, 0.3) is 0 Å². The predicted octanol–water partition coefficient (Wildman–Crippen LogP) is 1.66. The highest BCUT2D eigenvalue weighted by Gasteiger charge is 2.34. The highest BCUT2D eigenvalue weighted by molar-refractivity contribution is 5.72. The van der Waals surface area contributed by atoms with Crippen molar-refractivity contribution in [2.24, 2.45) is 5.92 Å². The summed E-state index contributed by atoms with van der Waals surface area (Å²) in [7, 11) is 0. The first-order valence-electron chi connectivity index (χ1n) is 4.12. The molecule has 0 aromatic heterocycles. The second-order valence-corrected chi connectivity index (χ2v) is 3.47. The molecule has 0 unspecified atom stereocenters. The van der Waals surface area contributed by atoms with Gasteiger partial charge < -0.3 is 4.74 Å². The SMILES string of the molecule is CC1=C[C@H]2OC(=O)C[C@H]2CC1. The van der Waals surface area contributed by atoms with Crippen LogP contribution in [0.3, 0.4) is 0 Å². The van der Waals surface area contributed by atoms with Crippen LogP contribution in [0, 0.1) is 5.92 Å². The Hall–Kier alpha value is -0.790. The van der Waals surface area contributed by atoms with E-state index in [2.05, 4.69) is 13.0 Å². The fourth-order valence-corrected chi connectivity index (χ4v) is 1.84. The normalized spacial score (nSPS) is 36.1. The van der Waals surface area contributed by atoms with Crippen molar-refractivity contribution in [2.45, 2.75) is 32.3 Å². The van der Waals surface area contributed by atoms with Crippen molar-refractivity contribution in [3.05, 3.63) is 11.6 Å². The van der Waals surface area contributed by atoms with Gasteiger partial charge in [-0.3, -0.25) is 4.79 Å². The zero-order valence-electron chi connectivity index (χ0n) is 6.67. The second-order valence-electron chi connectivity index (χ2n) is 3.47. The molecule has 2 atom stereocenters. The topological polar surface area (TPSA) is 26.3 Å². The van der Waals surface area contributed by atoms with Crippen molar-refractivity contribution in [2.75, 3.05) is 0 Å². The van der Waals surface area contributed by atoms with Gasteiger partial charge in [-0.1, -0.05) is 5.57 Å². The minimum absolute atomic E-state index is 0.0223. The molecular weight excluding hydrogens is 140 g/mol. The summed E-state index contributed by atoms with van der Waals surface area (Å²) in [5.41, 5.74) is 1.36. The van der Waals surface area contributed by atoms with E-state index in [4.69, 9.17) is 4.74 Å². The Morgan fingerprint density at radius 1 is 1.64 bits per heavy atom. The van der Waals surface area contributed by atoms with Gasteiger partial charge in [-0.25, -0.2) is 0 Å². The Labute approximate surface area is 66.2 Å². The summed E-state index contributed by atoms with van der Waals surface area (Å²) in [6.07, 6.45) is 5.10. The lowest BCUT2D eigenvalue weighted by atomic mass is 9.87. The number of carbonyl (C=O) groups excluding carboxylic acids is 1. The predicted molar refractivity (Wildman–Crippen MR) is 41.0 cm³/mol. The average Bonchev–Trinajstić information content (AvgIpc) is 2.27. The molecule has 11 heavy (non-hydrogen) atoms. The Morgan fingerprint density at radius 3 is 3.27 bits per heavy atom. The van der Waals surface area contributed by atoms with Gasteiger partial charge in [-0.2, -0.15) is 0 Å². The second kappa shape index (κ2) is 2.36. The molecule has 60 valence electrons. The molecule has 1 saturated heterocycles. The number of esters is 1. The molecule has 0 aromatic rings. The number of fused-ring (bicyclic) bond motifs is 1. The molecule has 1 heterocycles. The first-order chi connectivity index (χ1) is 5.25. The van der Waals surface area contributed by atoms with Crippen molar-refractivity contribution >= 4 is 5.97 Å². The van der Waals surface area contributed by atoms with Crippen LogP contribution in [0.4, 0.5) is 0 Å². The first-order valence-corrected chi connectivity index (χ1v) is 4.12. The summed E-state index contributed by atoms with van der Waals surface area (Å²) in [6.45, 7) is 2.10. The van der Waals surface area contributed by atoms with Crippen molar-refractivity contribution in [3.8, 4) is 0 Å². The quantitative estimate of drug-likeness (QED) is 0.390. The maximum Gasteiger partial charge on any atom is 0.306 e. The molecule has 1 aliphatic heterocycles. The zero-order chi connectivity index (χ0) is 7.84. The molecule has 1 fully saturated rings. The fourth-order valence-electron chi connectivity index (χ4n) is 1.84. The summed E-state index contributed by atoms with van der Waals surface area (Å²) >= 11 is 0. The summed E-state index contributed by atoms with van der Waals surface area (Å²) in [6, 6.07) is 0. The van der Waals surface area contributed by atoms with Gasteiger partial charge in [-0.05, 0) is 25.8 Å². The average molecular weight is 152 g/mol. The lowest BCUT2D eigenvalue weighted by Crippen LogP contribution is -2.17. The van der Waals surface area contributed by atoms with E-state index in [1.54, 1.807) is 0 Å². The van der Waals surface area contributed by atoms with Crippen LogP contribution < -0.4 is 0 Å². The molecule has 2 aliphatic rings. The number of rotatable bonds is 0. The lowest BCUT2D eigenvalue weighted by molar-refractivity contribution is -0.140. The minimum atomic E-state index is -0.0223. The van der Waals surface area contributed by atoms with Gasteiger partial charge in [0.05, 0.1) is 6.42 Å². The monoisotopic (exact) mass is 152 g/mol. The third kappa shape index (κ3) is 1.17. The van der Waals surface area contributed by atoms with Gasteiger partial charge in [0, 0.05) is 5.92 Å². The van der Waals surface area contributed by atoms with Crippen molar-refractivity contribution < 1.29 is 9.53 Å². The molecule has 0 spiro atoms. The van der Waals surface area contributed by atoms with E-state index < -0.39 is 0 Å². The van der Waals surface area contributed by atoms with Gasteiger partial charge in [-0.15, -0.1) is 0 Å². The van der Waals surface area contributed by atoms with Crippen LogP contribution in [-0.2, 0) is 9.53 Å². The number of carbonyl (C=O) groups is 1. The van der Waals surface area contributed by atoms with E-state index in [1.807, 2.05) is 0 Å². The number of ether oxygens (including phenoxy) is 1. The largest absolute Gasteiger partial charge is 0.458 e. The third-order valence-corrected chi connectivity index (χ3v) is 2.52. The highest BCUT2D eigenvalue weighted by Crippen LogP contribution is 2.33. The van der Waals surface area contributed by atoms with Crippen molar-refractivity contribution in [3.63, 3.8) is 0 Å². The molecule has 2 nitrogen and oxygen atoms in total. The smallest absolute Gasteiger partial charge is 0.306 e. The van der Waals surface area contributed by atoms with Crippen LogP contribution in [0.1, 0.15) is 26.2 Å². The maximum absolute atomic E-state index is 10.9. The van der Waals surface area contributed by atoms with Crippen LogP contribution in [0.2, 0.25) is 0 Å². The van der Waals surface area contributed by atoms with Crippen LogP contribution in [0.15, 0.2) is 11.6 Å². The molecule has 0 bridgehead atoms. The van der Waals surface area contributed by atoms with E-state index in [0.29, 0.717) is 12.3 Å². The Balaban J connectivity index is 2.17. The van der Waals surface area contributed by atoms with Crippen LogP contribution in [0.5, 0.6) is 0 Å².